The molecule has 0 radical (unpaired) electrons. The molecule has 1 aliphatic carbocycles. The number of hydrogen-bond acceptors (Lipinski definition) is 5. The van der Waals surface area contributed by atoms with Gasteiger partial charge in [-0.3, -0.25) is 4.98 Å². The predicted molar refractivity (Wildman–Crippen MR) is 125 cm³/mol. The van der Waals surface area contributed by atoms with Crippen LogP contribution in [-0.2, 0) is 21.6 Å². The van der Waals surface area contributed by atoms with Gasteiger partial charge < -0.3 is 14.7 Å². The summed E-state index contributed by atoms with van der Waals surface area (Å²) in [6, 6.07) is 13.5. The second-order valence-corrected chi connectivity index (χ2v) is 9.47. The summed E-state index contributed by atoms with van der Waals surface area (Å²) in [5.41, 5.74) is 0.373. The standard InChI is InChI=1S/C27H36N2O3/c30-26(27(31,25-10-4-5-11-25)24-8-2-1-3-9-24)32-19-14-23(21-29-17-6-7-18-29)20-22-12-15-28-16-13-22/h1-3,8-9,12-13,15-16,23,25,31H,4-7,10-11,14,17-21H2/t23-,27?/m0/s1. The normalized spacial score (nSPS) is 20.2. The van der Waals surface area contributed by atoms with E-state index in [1.807, 2.05) is 42.7 Å². The molecule has 1 saturated carbocycles. The molecule has 2 heterocycles. The maximum atomic E-state index is 13.2. The van der Waals surface area contributed by atoms with Crippen molar-refractivity contribution in [2.45, 2.75) is 57.0 Å². The number of aromatic nitrogens is 1. The van der Waals surface area contributed by atoms with E-state index in [-0.39, 0.29) is 5.92 Å². The summed E-state index contributed by atoms with van der Waals surface area (Å²) in [5.74, 6) is -0.159. The van der Waals surface area contributed by atoms with Crippen molar-refractivity contribution in [2.24, 2.45) is 11.8 Å². The van der Waals surface area contributed by atoms with Crippen LogP contribution in [0, 0.1) is 11.8 Å². The summed E-state index contributed by atoms with van der Waals surface area (Å²) < 4.78 is 5.79. The largest absolute Gasteiger partial charge is 0.463 e. The van der Waals surface area contributed by atoms with Gasteiger partial charge in [-0.05, 0) is 80.8 Å². The fraction of sp³-hybridized carbons (Fsp3) is 0.556. The van der Waals surface area contributed by atoms with E-state index in [9.17, 15) is 9.90 Å². The molecule has 0 spiro atoms. The number of carbonyl (C=O) groups is 1. The van der Waals surface area contributed by atoms with E-state index in [4.69, 9.17) is 4.74 Å². The molecule has 32 heavy (non-hydrogen) atoms. The minimum absolute atomic E-state index is 0.0744. The van der Waals surface area contributed by atoms with E-state index < -0.39 is 11.6 Å². The Morgan fingerprint density at radius 2 is 1.75 bits per heavy atom. The van der Waals surface area contributed by atoms with Crippen molar-refractivity contribution in [1.82, 2.24) is 9.88 Å². The molecule has 0 amide bonds. The highest BCUT2D eigenvalue weighted by Gasteiger charge is 2.47. The predicted octanol–water partition coefficient (Wildman–Crippen LogP) is 4.35. The van der Waals surface area contributed by atoms with E-state index in [1.165, 1.54) is 18.4 Å². The molecule has 1 unspecified atom stereocenters. The molecule has 2 fully saturated rings. The third kappa shape index (κ3) is 5.57. The number of likely N-dealkylation sites (tertiary alicyclic amines) is 1. The van der Waals surface area contributed by atoms with Crippen LogP contribution in [0.1, 0.15) is 56.1 Å². The van der Waals surface area contributed by atoms with Gasteiger partial charge in [0.1, 0.15) is 0 Å². The molecule has 1 saturated heterocycles. The fourth-order valence-electron chi connectivity index (χ4n) is 5.42. The molecule has 0 bridgehead atoms. The van der Waals surface area contributed by atoms with Gasteiger partial charge >= 0.3 is 5.97 Å². The van der Waals surface area contributed by atoms with Gasteiger partial charge in [0.25, 0.3) is 0 Å². The van der Waals surface area contributed by atoms with Gasteiger partial charge in [-0.15, -0.1) is 0 Å². The van der Waals surface area contributed by atoms with E-state index in [0.29, 0.717) is 18.1 Å². The molecular formula is C27H36N2O3. The van der Waals surface area contributed by atoms with Gasteiger partial charge in [-0.25, -0.2) is 4.79 Å². The minimum Gasteiger partial charge on any atom is -0.463 e. The molecular weight excluding hydrogens is 400 g/mol. The van der Waals surface area contributed by atoms with Crippen molar-refractivity contribution in [3.8, 4) is 0 Å². The molecule has 5 heteroatoms. The van der Waals surface area contributed by atoms with Crippen LogP contribution in [0.15, 0.2) is 54.9 Å². The summed E-state index contributed by atoms with van der Waals surface area (Å²) in [6.07, 6.45) is 11.8. The molecule has 1 aromatic heterocycles. The van der Waals surface area contributed by atoms with Crippen LogP contribution in [0.25, 0.3) is 0 Å². The maximum absolute atomic E-state index is 13.2. The van der Waals surface area contributed by atoms with Crippen molar-refractivity contribution in [1.29, 1.82) is 0 Å². The smallest absolute Gasteiger partial charge is 0.343 e. The van der Waals surface area contributed by atoms with E-state index >= 15 is 0 Å². The van der Waals surface area contributed by atoms with E-state index in [2.05, 4.69) is 22.0 Å². The Morgan fingerprint density at radius 1 is 1.06 bits per heavy atom. The van der Waals surface area contributed by atoms with E-state index in [1.54, 1.807) is 0 Å². The Hall–Kier alpha value is -2.24. The zero-order valence-corrected chi connectivity index (χ0v) is 19.0. The molecule has 1 N–H and O–H groups in total. The molecule has 2 aliphatic rings. The third-order valence-corrected chi connectivity index (χ3v) is 7.22. The number of benzene rings is 1. The lowest BCUT2D eigenvalue weighted by atomic mass is 9.80. The monoisotopic (exact) mass is 436 g/mol. The SMILES string of the molecule is O=C(OCC[C@@H](Cc1ccncc1)CN1CCCC1)C(O)(c1ccccc1)C1CCCC1. The molecule has 4 rings (SSSR count). The van der Waals surface area contributed by atoms with E-state index in [0.717, 1.165) is 58.2 Å². The third-order valence-electron chi connectivity index (χ3n) is 7.22. The first-order chi connectivity index (χ1) is 15.7. The van der Waals surface area contributed by atoms with Gasteiger partial charge in [0.05, 0.1) is 6.61 Å². The first kappa shape index (κ1) is 22.9. The maximum Gasteiger partial charge on any atom is 0.343 e. The topological polar surface area (TPSA) is 62.7 Å². The molecule has 1 aliphatic heterocycles. The summed E-state index contributed by atoms with van der Waals surface area (Å²) in [4.78, 5) is 19.9. The second kappa shape index (κ2) is 11.1. The zero-order chi connectivity index (χ0) is 22.2. The average Bonchev–Trinajstić information content (AvgIpc) is 3.54. The Morgan fingerprint density at radius 3 is 2.44 bits per heavy atom. The Kier molecular flexibility index (Phi) is 7.93. The second-order valence-electron chi connectivity index (χ2n) is 9.47. The van der Waals surface area contributed by atoms with Crippen LogP contribution in [0.4, 0.5) is 0 Å². The van der Waals surface area contributed by atoms with Gasteiger partial charge in [-0.2, -0.15) is 0 Å². The molecule has 2 atom stereocenters. The number of hydrogen-bond donors (Lipinski definition) is 1. The van der Waals surface area contributed by atoms with Crippen LogP contribution in [0.5, 0.6) is 0 Å². The number of aliphatic hydroxyl groups is 1. The molecule has 172 valence electrons. The fourth-order valence-corrected chi connectivity index (χ4v) is 5.42. The van der Waals surface area contributed by atoms with Gasteiger partial charge in [0.2, 0.25) is 0 Å². The van der Waals surface area contributed by atoms with Crippen LogP contribution < -0.4 is 0 Å². The summed E-state index contributed by atoms with van der Waals surface area (Å²) >= 11 is 0. The Bertz CT molecular complexity index is 832. The summed E-state index contributed by atoms with van der Waals surface area (Å²) in [7, 11) is 0. The Balaban J connectivity index is 1.40. The lowest BCUT2D eigenvalue weighted by Gasteiger charge is -2.32. The van der Waals surface area contributed by atoms with Crippen LogP contribution in [0.3, 0.4) is 0 Å². The summed E-state index contributed by atoms with van der Waals surface area (Å²) in [5, 5.41) is 11.6. The van der Waals surface area contributed by atoms with Crippen molar-refractivity contribution in [3.63, 3.8) is 0 Å². The number of esters is 1. The van der Waals surface area contributed by atoms with Gasteiger partial charge in [0, 0.05) is 24.9 Å². The van der Waals surface area contributed by atoms with Crippen LogP contribution in [0.2, 0.25) is 0 Å². The lowest BCUT2D eigenvalue weighted by Crippen LogP contribution is -2.43. The minimum atomic E-state index is -1.55. The highest BCUT2D eigenvalue weighted by molar-refractivity contribution is 5.81. The first-order valence-corrected chi connectivity index (χ1v) is 12.2. The van der Waals surface area contributed by atoms with Gasteiger partial charge in [0.15, 0.2) is 5.60 Å². The number of nitrogens with zero attached hydrogens (tertiary/aromatic N) is 2. The van der Waals surface area contributed by atoms with Crippen LogP contribution in [-0.4, -0.2) is 47.2 Å². The Labute approximate surface area is 191 Å². The molecule has 1 aromatic carbocycles. The molecule has 5 nitrogen and oxygen atoms in total. The van der Waals surface area contributed by atoms with Crippen molar-refractivity contribution >= 4 is 5.97 Å². The summed E-state index contributed by atoms with van der Waals surface area (Å²) in [6.45, 7) is 3.67. The average molecular weight is 437 g/mol. The number of rotatable bonds is 10. The number of ether oxygens (including phenoxy) is 1. The van der Waals surface area contributed by atoms with Crippen molar-refractivity contribution in [3.05, 3.63) is 66.0 Å². The zero-order valence-electron chi connectivity index (χ0n) is 19.0. The highest BCUT2D eigenvalue weighted by atomic mass is 16.5. The van der Waals surface area contributed by atoms with Crippen molar-refractivity contribution in [2.75, 3.05) is 26.2 Å². The van der Waals surface area contributed by atoms with Crippen molar-refractivity contribution < 1.29 is 14.6 Å². The highest BCUT2D eigenvalue weighted by Crippen LogP contribution is 2.41. The van der Waals surface area contributed by atoms with Crippen LogP contribution >= 0.6 is 0 Å². The first-order valence-electron chi connectivity index (χ1n) is 12.2. The molecule has 2 aromatic rings. The number of pyridine rings is 1. The van der Waals surface area contributed by atoms with Gasteiger partial charge in [-0.1, -0.05) is 43.2 Å². The number of carbonyl (C=O) groups excluding carboxylic acids is 1. The quantitative estimate of drug-likeness (QED) is 0.561. The lowest BCUT2D eigenvalue weighted by molar-refractivity contribution is -0.174.